The Morgan fingerprint density at radius 2 is 1.85 bits per heavy atom. The van der Waals surface area contributed by atoms with E-state index in [0.717, 1.165) is 0 Å². The zero-order valence-electron chi connectivity index (χ0n) is 20.2. The monoisotopic (exact) mass is 599 g/mol. The molecule has 0 radical (unpaired) electrons. The molecule has 1 aliphatic carbocycles. The lowest BCUT2D eigenvalue weighted by atomic mass is 9.74. The number of rotatable bonds is 3. The number of ether oxygens (including phenoxy) is 1. The summed E-state index contributed by atoms with van der Waals surface area (Å²) in [5.41, 5.74) is -1.19. The van der Waals surface area contributed by atoms with Crippen LogP contribution in [0.25, 0.3) is 0 Å². The van der Waals surface area contributed by atoms with Gasteiger partial charge in [-0.05, 0) is 66.7 Å². The largest absolute Gasteiger partial charge is 0.444 e. The summed E-state index contributed by atoms with van der Waals surface area (Å²) in [6.07, 6.45) is -3.03. The number of hydrogen-bond donors (Lipinski definition) is 1. The molecular formula is C22H33F3IN5O3. The lowest BCUT2D eigenvalue weighted by Crippen LogP contribution is -2.55. The Kier molecular flexibility index (Phi) is 7.98. The summed E-state index contributed by atoms with van der Waals surface area (Å²) in [5, 5.41) is 2.91. The molecule has 2 heterocycles. The van der Waals surface area contributed by atoms with Crippen LogP contribution < -0.4 is 5.32 Å². The van der Waals surface area contributed by atoms with Gasteiger partial charge in [-0.25, -0.2) is 14.8 Å². The predicted molar refractivity (Wildman–Crippen MR) is 133 cm³/mol. The Bertz CT molecular complexity index is 889. The molecule has 0 unspecified atom stereocenters. The number of piperazine rings is 1. The number of carbonyl (C=O) groups is 2. The van der Waals surface area contributed by atoms with Crippen molar-refractivity contribution in [3.8, 4) is 0 Å². The third-order valence-electron chi connectivity index (χ3n) is 6.40. The Morgan fingerprint density at radius 3 is 2.41 bits per heavy atom. The predicted octanol–water partition coefficient (Wildman–Crippen LogP) is 3.91. The SMILES string of the molecule is CC(C)[C@]1(C(=O)N2CCN(C3=NC=IC(C(F)(F)F)=N3)CC2)CC[C@@H](NC(=O)OC(C)(C)C)C1. The summed E-state index contributed by atoms with van der Waals surface area (Å²) in [5.74, 6) is 0.188. The van der Waals surface area contributed by atoms with E-state index in [1.54, 1.807) is 30.6 Å². The van der Waals surface area contributed by atoms with Crippen LogP contribution in [0.1, 0.15) is 53.9 Å². The molecule has 192 valence electrons. The van der Waals surface area contributed by atoms with Crippen molar-refractivity contribution < 1.29 is 27.5 Å². The fourth-order valence-electron chi connectivity index (χ4n) is 4.60. The fraction of sp³-hybridized carbons (Fsp3) is 0.773. The maximum absolute atomic E-state index is 13.6. The normalized spacial score (nSPS) is 26.1. The molecule has 0 spiro atoms. The van der Waals surface area contributed by atoms with Crippen molar-refractivity contribution in [3.05, 3.63) is 0 Å². The van der Waals surface area contributed by atoms with Crippen LogP contribution in [0.4, 0.5) is 18.0 Å². The van der Waals surface area contributed by atoms with E-state index in [0.29, 0.717) is 45.4 Å². The van der Waals surface area contributed by atoms with Crippen LogP contribution in [0.3, 0.4) is 0 Å². The maximum Gasteiger partial charge on any atom is 0.439 e. The van der Waals surface area contributed by atoms with Gasteiger partial charge in [0.15, 0.2) is 3.72 Å². The summed E-state index contributed by atoms with van der Waals surface area (Å²) in [6, 6.07) is -0.145. The average Bonchev–Trinajstić information content (AvgIpc) is 3.16. The first-order valence-corrected chi connectivity index (χ1v) is 13.8. The van der Waals surface area contributed by atoms with E-state index in [-0.39, 0.29) is 23.8 Å². The van der Waals surface area contributed by atoms with Gasteiger partial charge >= 0.3 is 12.3 Å². The van der Waals surface area contributed by atoms with Crippen molar-refractivity contribution >= 4 is 46.5 Å². The second kappa shape index (κ2) is 10.1. The number of aliphatic imine (C=N–C) groups is 2. The molecule has 34 heavy (non-hydrogen) atoms. The van der Waals surface area contributed by atoms with E-state index < -0.39 is 47.7 Å². The molecule has 1 saturated carbocycles. The van der Waals surface area contributed by atoms with Crippen LogP contribution in [0.2, 0.25) is 0 Å². The van der Waals surface area contributed by atoms with Crippen molar-refractivity contribution in [1.82, 2.24) is 15.1 Å². The molecule has 12 heteroatoms. The summed E-state index contributed by atoms with van der Waals surface area (Å²) in [4.78, 5) is 37.2. The molecule has 2 fully saturated rings. The molecule has 1 saturated heterocycles. The van der Waals surface area contributed by atoms with Gasteiger partial charge in [0.2, 0.25) is 11.9 Å². The Balaban J connectivity index is 1.62. The highest BCUT2D eigenvalue weighted by atomic mass is 127. The van der Waals surface area contributed by atoms with E-state index >= 15 is 0 Å². The van der Waals surface area contributed by atoms with Gasteiger partial charge in [0.05, 0.1) is 9.55 Å². The lowest BCUT2D eigenvalue weighted by molar-refractivity contribution is -0.146. The molecule has 2 amide bonds. The van der Waals surface area contributed by atoms with Gasteiger partial charge in [0.25, 0.3) is 0 Å². The van der Waals surface area contributed by atoms with Crippen LogP contribution in [0, 0.1) is 11.3 Å². The zero-order valence-corrected chi connectivity index (χ0v) is 22.4. The first kappa shape index (κ1) is 26.9. The molecule has 8 nitrogen and oxygen atoms in total. The van der Waals surface area contributed by atoms with Gasteiger partial charge < -0.3 is 19.9 Å². The fourth-order valence-corrected chi connectivity index (χ4v) is 5.96. The number of halogens is 4. The van der Waals surface area contributed by atoms with E-state index in [2.05, 4.69) is 15.3 Å². The van der Waals surface area contributed by atoms with Gasteiger partial charge in [-0.15, -0.1) is 0 Å². The van der Waals surface area contributed by atoms with Crippen LogP contribution >= 0.6 is 20.7 Å². The standard InChI is InChI=1S/C22H33F3IN5O3/c1-14(2)21(7-6-15(12-21)28-19(33)34-20(3,4)5)17(32)30-8-10-31(11-9-30)18-27-13-26-16(29-18)22(23,24)25/h13-15H,6-12H2,1-5H3,(H,28,33)/t15-,21+/m1/s1. The minimum Gasteiger partial charge on any atom is -0.444 e. The smallest absolute Gasteiger partial charge is 0.439 e. The van der Waals surface area contributed by atoms with Crippen molar-refractivity contribution in [2.45, 2.75) is 71.7 Å². The minimum atomic E-state index is -4.43. The molecule has 0 bridgehead atoms. The van der Waals surface area contributed by atoms with E-state index in [9.17, 15) is 22.8 Å². The van der Waals surface area contributed by atoms with Crippen molar-refractivity contribution in [3.63, 3.8) is 0 Å². The van der Waals surface area contributed by atoms with Crippen LogP contribution in [0.5, 0.6) is 0 Å². The number of hydrogen-bond acceptors (Lipinski definition) is 6. The highest BCUT2D eigenvalue weighted by molar-refractivity contribution is 14.2. The van der Waals surface area contributed by atoms with Gasteiger partial charge in [-0.3, -0.25) is 4.79 Å². The Hall–Kier alpha value is -1.73. The summed E-state index contributed by atoms with van der Waals surface area (Å²) in [7, 11) is 0. The lowest BCUT2D eigenvalue weighted by Gasteiger charge is -2.42. The number of nitrogens with one attached hydrogen (secondary N) is 1. The van der Waals surface area contributed by atoms with Gasteiger partial charge in [-0.2, -0.15) is 13.2 Å². The van der Waals surface area contributed by atoms with Crippen molar-refractivity contribution in [2.24, 2.45) is 21.3 Å². The third kappa shape index (κ3) is 6.28. The molecule has 2 atom stereocenters. The summed E-state index contributed by atoms with van der Waals surface area (Å²) < 4.78 is 45.1. The minimum absolute atomic E-state index is 0.0399. The number of nitrogens with zero attached hydrogens (tertiary/aromatic N) is 4. The van der Waals surface area contributed by atoms with E-state index in [4.69, 9.17) is 4.74 Å². The van der Waals surface area contributed by atoms with E-state index in [1.807, 2.05) is 13.8 Å². The molecule has 0 aromatic heterocycles. The molecule has 0 aromatic rings. The quantitative estimate of drug-likeness (QED) is 0.499. The Labute approximate surface area is 208 Å². The van der Waals surface area contributed by atoms with Crippen LogP contribution in [0.15, 0.2) is 9.98 Å². The second-order valence-electron chi connectivity index (χ2n) is 10.2. The van der Waals surface area contributed by atoms with Crippen LogP contribution in [-0.4, -0.2) is 79.6 Å². The molecule has 1 N–H and O–H groups in total. The molecule has 3 rings (SSSR count). The number of alkyl carbamates (subject to hydrolysis) is 1. The van der Waals surface area contributed by atoms with Gasteiger partial charge in [0, 0.05) is 32.2 Å². The van der Waals surface area contributed by atoms with Crippen LogP contribution in [-0.2, 0) is 9.53 Å². The highest BCUT2D eigenvalue weighted by Crippen LogP contribution is 2.46. The number of alkyl halides is 3. The Morgan fingerprint density at radius 1 is 1.21 bits per heavy atom. The average molecular weight is 599 g/mol. The van der Waals surface area contributed by atoms with Crippen molar-refractivity contribution in [1.29, 1.82) is 0 Å². The van der Waals surface area contributed by atoms with Gasteiger partial charge in [-0.1, -0.05) is 13.8 Å². The topological polar surface area (TPSA) is 86.6 Å². The first-order valence-electron chi connectivity index (χ1n) is 11.4. The van der Waals surface area contributed by atoms with Crippen molar-refractivity contribution in [2.75, 3.05) is 26.2 Å². The number of amides is 2. The number of guanidine groups is 1. The number of carbonyl (C=O) groups excluding carboxylic acids is 2. The molecule has 2 aliphatic heterocycles. The second-order valence-corrected chi connectivity index (χ2v) is 12.4. The first-order chi connectivity index (χ1) is 15.7. The highest BCUT2D eigenvalue weighted by Gasteiger charge is 2.50. The maximum atomic E-state index is 13.6. The molecule has 3 aliphatic rings. The summed E-state index contributed by atoms with van der Waals surface area (Å²) in [6.45, 7) is 11.0. The summed E-state index contributed by atoms with van der Waals surface area (Å²) >= 11 is -1.37. The zero-order chi connectivity index (χ0) is 25.3. The van der Waals surface area contributed by atoms with E-state index in [1.165, 1.54) is 4.14 Å². The third-order valence-corrected chi connectivity index (χ3v) is 8.40. The van der Waals surface area contributed by atoms with Gasteiger partial charge in [0.1, 0.15) is 5.60 Å². The molecule has 0 aromatic carbocycles. The molecular weight excluding hydrogens is 566 g/mol.